The number of piperazine rings is 1. The van der Waals surface area contributed by atoms with Crippen LogP contribution in [0.25, 0.3) is 0 Å². The minimum absolute atomic E-state index is 0.00797. The van der Waals surface area contributed by atoms with Crippen molar-refractivity contribution in [3.63, 3.8) is 0 Å². The molecule has 0 aromatic heterocycles. The van der Waals surface area contributed by atoms with E-state index in [4.69, 9.17) is 4.74 Å². The van der Waals surface area contributed by atoms with Gasteiger partial charge in [0.1, 0.15) is 17.8 Å². The number of rotatable bonds is 2. The zero-order valence-electron chi connectivity index (χ0n) is 11.0. The van der Waals surface area contributed by atoms with Crippen molar-refractivity contribution in [2.75, 3.05) is 18.6 Å². The Morgan fingerprint density at radius 2 is 2.05 bits per heavy atom. The summed E-state index contributed by atoms with van der Waals surface area (Å²) in [5.41, 5.74) is -0.273. The molecule has 1 N–H and O–H groups in total. The Morgan fingerprint density at radius 3 is 2.68 bits per heavy atom. The summed E-state index contributed by atoms with van der Waals surface area (Å²) in [5, 5.41) is 2.68. The maximum atomic E-state index is 12.4. The van der Waals surface area contributed by atoms with Gasteiger partial charge in [0.15, 0.2) is 0 Å². The van der Waals surface area contributed by atoms with Gasteiger partial charge in [-0.05, 0) is 41.9 Å². The van der Waals surface area contributed by atoms with Crippen LogP contribution in [0.1, 0.15) is 13.8 Å². The predicted molar refractivity (Wildman–Crippen MR) is 75.3 cm³/mol. The number of carbonyl (C=O) groups excluding carboxylic acids is 2. The van der Waals surface area contributed by atoms with E-state index in [1.165, 1.54) is 4.90 Å². The zero-order chi connectivity index (χ0) is 14.2. The first kappa shape index (κ1) is 13.9. The highest BCUT2D eigenvalue weighted by Gasteiger charge is 2.40. The molecule has 1 aliphatic rings. The van der Waals surface area contributed by atoms with Gasteiger partial charge in [0.05, 0.1) is 12.8 Å². The maximum Gasteiger partial charge on any atom is 0.252 e. The number of ether oxygens (including phenoxy) is 1. The van der Waals surface area contributed by atoms with Gasteiger partial charge in [0.2, 0.25) is 5.91 Å². The molecule has 2 rings (SSSR count). The Balaban J connectivity index is 2.45. The molecule has 0 aliphatic carbocycles. The summed E-state index contributed by atoms with van der Waals surface area (Å²) in [4.78, 5) is 25.6. The quantitative estimate of drug-likeness (QED) is 0.899. The van der Waals surface area contributed by atoms with Crippen LogP contribution in [0.2, 0.25) is 0 Å². The smallest absolute Gasteiger partial charge is 0.252 e. The minimum Gasteiger partial charge on any atom is -0.497 e. The monoisotopic (exact) mass is 326 g/mol. The van der Waals surface area contributed by atoms with Gasteiger partial charge in [-0.1, -0.05) is 0 Å². The summed E-state index contributed by atoms with van der Waals surface area (Å²) in [6.07, 6.45) is 0. The lowest BCUT2D eigenvalue weighted by Crippen LogP contribution is -2.64. The normalized spacial score (nSPS) is 18.2. The Kier molecular flexibility index (Phi) is 3.54. The van der Waals surface area contributed by atoms with Crippen LogP contribution in [-0.4, -0.2) is 31.0 Å². The fraction of sp³-hybridized carbons (Fsp3) is 0.385. The number of benzene rings is 1. The number of hydrogen-bond acceptors (Lipinski definition) is 3. The topological polar surface area (TPSA) is 58.6 Å². The molecule has 102 valence electrons. The van der Waals surface area contributed by atoms with Gasteiger partial charge in [0.25, 0.3) is 5.91 Å². The van der Waals surface area contributed by atoms with E-state index in [0.717, 1.165) is 4.47 Å². The summed E-state index contributed by atoms with van der Waals surface area (Å²) >= 11 is 3.40. The average molecular weight is 327 g/mol. The van der Waals surface area contributed by atoms with Crippen molar-refractivity contribution in [3.8, 4) is 5.75 Å². The first-order valence-corrected chi connectivity index (χ1v) is 6.61. The molecule has 1 heterocycles. The van der Waals surface area contributed by atoms with E-state index >= 15 is 0 Å². The van der Waals surface area contributed by atoms with Crippen LogP contribution in [0.5, 0.6) is 5.75 Å². The summed E-state index contributed by atoms with van der Waals surface area (Å²) in [5.74, 6) is 0.301. The largest absolute Gasteiger partial charge is 0.497 e. The first-order valence-electron chi connectivity index (χ1n) is 5.81. The van der Waals surface area contributed by atoms with Gasteiger partial charge in [-0.15, -0.1) is 0 Å². The number of carbonyl (C=O) groups is 2. The molecular formula is C13H15BrN2O3. The molecular weight excluding hydrogens is 312 g/mol. The fourth-order valence-electron chi connectivity index (χ4n) is 2.02. The molecule has 1 aromatic carbocycles. The van der Waals surface area contributed by atoms with E-state index in [2.05, 4.69) is 21.2 Å². The molecule has 1 fully saturated rings. The van der Waals surface area contributed by atoms with Gasteiger partial charge in [-0.25, -0.2) is 0 Å². The van der Waals surface area contributed by atoms with Crippen LogP contribution >= 0.6 is 15.9 Å². The van der Waals surface area contributed by atoms with Crippen molar-refractivity contribution in [1.29, 1.82) is 0 Å². The Hall–Kier alpha value is -1.56. The first-order chi connectivity index (χ1) is 8.85. The lowest BCUT2D eigenvalue weighted by molar-refractivity contribution is -0.134. The second kappa shape index (κ2) is 4.85. The minimum atomic E-state index is -0.905. The number of nitrogens with one attached hydrogen (secondary N) is 1. The van der Waals surface area contributed by atoms with Crippen LogP contribution in [0.15, 0.2) is 22.7 Å². The van der Waals surface area contributed by atoms with Crippen LogP contribution in [0, 0.1) is 0 Å². The number of methoxy groups -OCH3 is 1. The second-order valence-electron chi connectivity index (χ2n) is 4.88. The highest BCUT2D eigenvalue weighted by molar-refractivity contribution is 9.10. The summed E-state index contributed by atoms with van der Waals surface area (Å²) in [6.45, 7) is 3.38. The molecule has 1 saturated heterocycles. The van der Waals surface area contributed by atoms with Crippen molar-refractivity contribution in [2.45, 2.75) is 19.4 Å². The lowest BCUT2D eigenvalue weighted by Gasteiger charge is -2.37. The third-order valence-corrected chi connectivity index (χ3v) is 3.65. The van der Waals surface area contributed by atoms with E-state index in [0.29, 0.717) is 11.4 Å². The Morgan fingerprint density at radius 1 is 1.37 bits per heavy atom. The van der Waals surface area contributed by atoms with Crippen LogP contribution in [-0.2, 0) is 9.59 Å². The van der Waals surface area contributed by atoms with Gasteiger partial charge in [-0.2, -0.15) is 0 Å². The molecule has 0 saturated carbocycles. The highest BCUT2D eigenvalue weighted by atomic mass is 79.9. The van der Waals surface area contributed by atoms with Crippen LogP contribution < -0.4 is 15.0 Å². The van der Waals surface area contributed by atoms with E-state index in [1.54, 1.807) is 39.2 Å². The van der Waals surface area contributed by atoms with E-state index in [-0.39, 0.29) is 18.4 Å². The molecule has 6 heteroatoms. The van der Waals surface area contributed by atoms with E-state index in [9.17, 15) is 9.59 Å². The average Bonchev–Trinajstić information content (AvgIpc) is 2.34. The molecule has 0 radical (unpaired) electrons. The molecule has 1 aliphatic heterocycles. The van der Waals surface area contributed by atoms with Crippen molar-refractivity contribution in [1.82, 2.24) is 5.32 Å². The van der Waals surface area contributed by atoms with Crippen LogP contribution in [0.4, 0.5) is 5.69 Å². The third-order valence-electron chi connectivity index (χ3n) is 2.98. The van der Waals surface area contributed by atoms with Crippen molar-refractivity contribution in [2.24, 2.45) is 0 Å². The zero-order valence-corrected chi connectivity index (χ0v) is 12.6. The lowest BCUT2D eigenvalue weighted by atomic mass is 10.00. The second-order valence-corrected chi connectivity index (χ2v) is 5.74. The molecule has 19 heavy (non-hydrogen) atoms. The summed E-state index contributed by atoms with van der Waals surface area (Å²) in [7, 11) is 1.56. The van der Waals surface area contributed by atoms with Crippen molar-refractivity contribution >= 4 is 33.4 Å². The molecule has 0 bridgehead atoms. The summed E-state index contributed by atoms with van der Waals surface area (Å²) in [6, 6.07) is 5.31. The van der Waals surface area contributed by atoms with E-state index in [1.807, 2.05) is 0 Å². The number of anilines is 1. The van der Waals surface area contributed by atoms with Gasteiger partial charge < -0.3 is 10.1 Å². The molecule has 0 unspecified atom stereocenters. The number of hydrogen-bond donors (Lipinski definition) is 1. The van der Waals surface area contributed by atoms with Crippen molar-refractivity contribution in [3.05, 3.63) is 22.7 Å². The molecule has 1 aromatic rings. The number of amides is 2. The SMILES string of the molecule is COc1ccc(Br)c(N2CC(=O)NC(C)(C)C2=O)c1. The third kappa shape index (κ3) is 2.58. The van der Waals surface area contributed by atoms with Gasteiger partial charge >= 0.3 is 0 Å². The predicted octanol–water partition coefficient (Wildman–Crippen LogP) is 1.70. The molecule has 5 nitrogen and oxygen atoms in total. The maximum absolute atomic E-state index is 12.4. The number of nitrogens with zero attached hydrogens (tertiary/aromatic N) is 1. The van der Waals surface area contributed by atoms with Gasteiger partial charge in [-0.3, -0.25) is 14.5 Å². The fourth-order valence-corrected chi connectivity index (χ4v) is 2.48. The Bertz CT molecular complexity index is 543. The van der Waals surface area contributed by atoms with Crippen molar-refractivity contribution < 1.29 is 14.3 Å². The molecule has 2 amide bonds. The van der Waals surface area contributed by atoms with E-state index < -0.39 is 5.54 Å². The molecule has 0 atom stereocenters. The standard InChI is InChI=1S/C13H15BrN2O3/c1-13(2)12(18)16(7-11(17)15-13)10-6-8(19-3)4-5-9(10)14/h4-6H,7H2,1-3H3,(H,15,17). The van der Waals surface area contributed by atoms with Crippen LogP contribution in [0.3, 0.4) is 0 Å². The highest BCUT2D eigenvalue weighted by Crippen LogP contribution is 2.32. The molecule has 0 spiro atoms. The van der Waals surface area contributed by atoms with Gasteiger partial charge in [0, 0.05) is 10.5 Å². The number of halogens is 1. The summed E-state index contributed by atoms with van der Waals surface area (Å²) < 4.78 is 5.90. The Labute approximate surface area is 120 Å².